The first-order valence-electron chi connectivity index (χ1n) is 11.0. The second-order valence-corrected chi connectivity index (χ2v) is 7.45. The number of nitrogens with zero attached hydrogens (tertiary/aromatic N) is 1. The van der Waals surface area contributed by atoms with Gasteiger partial charge >= 0.3 is 0 Å². The fourth-order valence-corrected chi connectivity index (χ4v) is 3.31. The van der Waals surface area contributed by atoms with Crippen molar-refractivity contribution in [2.24, 2.45) is 5.10 Å². The number of fused-ring (bicyclic) bond motifs is 1. The van der Waals surface area contributed by atoms with Crippen molar-refractivity contribution in [2.45, 2.75) is 19.8 Å². The largest absolute Gasteiger partial charge is 0.493 e. The van der Waals surface area contributed by atoms with Crippen LogP contribution in [-0.2, 0) is 4.79 Å². The van der Waals surface area contributed by atoms with Crippen LogP contribution in [0.3, 0.4) is 0 Å². The lowest BCUT2D eigenvalue weighted by Crippen LogP contribution is -2.34. The van der Waals surface area contributed by atoms with Crippen LogP contribution in [0.4, 0.5) is 0 Å². The average molecular weight is 464 g/mol. The van der Waals surface area contributed by atoms with Crippen molar-refractivity contribution in [1.82, 2.24) is 10.7 Å². The zero-order valence-electron chi connectivity index (χ0n) is 19.6. The van der Waals surface area contributed by atoms with Crippen LogP contribution in [0.1, 0.15) is 35.7 Å². The highest BCUT2D eigenvalue weighted by Gasteiger charge is 2.12. The van der Waals surface area contributed by atoms with Gasteiger partial charge in [-0.15, -0.1) is 0 Å². The van der Waals surface area contributed by atoms with Gasteiger partial charge in [0.2, 0.25) is 0 Å². The Morgan fingerprint density at radius 2 is 1.74 bits per heavy atom. The number of carbonyl (C=O) groups is 2. The number of hydrogen-bond donors (Lipinski definition) is 2. The van der Waals surface area contributed by atoms with Crippen molar-refractivity contribution < 1.29 is 23.8 Å². The van der Waals surface area contributed by atoms with Crippen LogP contribution in [0.2, 0.25) is 0 Å². The first-order valence-corrected chi connectivity index (χ1v) is 11.0. The van der Waals surface area contributed by atoms with Gasteiger partial charge in [0.15, 0.2) is 11.5 Å². The standard InChI is InChI=1S/C26H29N3O5/c1-4-5-14-34-22-12-10-18-8-6-7-9-20(18)21(22)16-28-29-25(30)17-27-26(31)19-11-13-23(32-2)24(15-19)33-3/h6-13,15-16H,4-5,14,17H2,1-3H3,(H,27,31)(H,29,30)/b28-16+. The number of benzene rings is 3. The molecule has 0 spiro atoms. The molecule has 178 valence electrons. The predicted octanol–water partition coefficient (Wildman–Crippen LogP) is 3.92. The summed E-state index contributed by atoms with van der Waals surface area (Å²) >= 11 is 0. The Balaban J connectivity index is 1.63. The van der Waals surface area contributed by atoms with Crippen LogP contribution in [-0.4, -0.2) is 45.4 Å². The molecule has 0 radical (unpaired) electrons. The summed E-state index contributed by atoms with van der Waals surface area (Å²) < 4.78 is 16.3. The zero-order chi connectivity index (χ0) is 24.3. The molecule has 0 aliphatic heterocycles. The molecule has 0 atom stereocenters. The predicted molar refractivity (Wildman–Crippen MR) is 132 cm³/mol. The highest BCUT2D eigenvalue weighted by atomic mass is 16.5. The maximum atomic E-state index is 12.4. The van der Waals surface area contributed by atoms with Crippen LogP contribution in [0, 0.1) is 0 Å². The topological polar surface area (TPSA) is 98.2 Å². The Morgan fingerprint density at radius 3 is 2.50 bits per heavy atom. The van der Waals surface area contributed by atoms with E-state index < -0.39 is 11.8 Å². The Kier molecular flexibility index (Phi) is 8.85. The van der Waals surface area contributed by atoms with Gasteiger partial charge in [0, 0.05) is 11.1 Å². The minimum atomic E-state index is -0.459. The van der Waals surface area contributed by atoms with Crippen molar-refractivity contribution >= 4 is 28.8 Å². The number of carbonyl (C=O) groups excluding carboxylic acids is 2. The summed E-state index contributed by atoms with van der Waals surface area (Å²) in [5, 5.41) is 8.67. The minimum absolute atomic E-state index is 0.236. The van der Waals surface area contributed by atoms with Gasteiger partial charge in [0.05, 0.1) is 33.6 Å². The molecule has 34 heavy (non-hydrogen) atoms. The molecule has 3 aromatic rings. The summed E-state index contributed by atoms with van der Waals surface area (Å²) in [6.07, 6.45) is 3.54. The number of ether oxygens (including phenoxy) is 3. The van der Waals surface area contributed by atoms with Gasteiger partial charge in [-0.25, -0.2) is 5.43 Å². The molecule has 8 nitrogen and oxygen atoms in total. The number of hydrazone groups is 1. The molecule has 2 N–H and O–H groups in total. The molecule has 0 unspecified atom stereocenters. The highest BCUT2D eigenvalue weighted by Crippen LogP contribution is 2.28. The van der Waals surface area contributed by atoms with Crippen LogP contribution in [0.15, 0.2) is 59.7 Å². The van der Waals surface area contributed by atoms with E-state index in [9.17, 15) is 9.59 Å². The summed E-state index contributed by atoms with van der Waals surface area (Å²) in [6.45, 7) is 2.47. The van der Waals surface area contributed by atoms with Crippen LogP contribution < -0.4 is 25.0 Å². The number of methoxy groups -OCH3 is 2. The van der Waals surface area contributed by atoms with E-state index in [0.717, 1.165) is 29.2 Å². The quantitative estimate of drug-likeness (QED) is 0.255. The van der Waals surface area contributed by atoms with Crippen molar-refractivity contribution in [3.8, 4) is 17.2 Å². The summed E-state index contributed by atoms with van der Waals surface area (Å²) in [6, 6.07) is 16.6. The summed E-state index contributed by atoms with van der Waals surface area (Å²) in [7, 11) is 3.00. The fraction of sp³-hybridized carbons (Fsp3) is 0.269. The van der Waals surface area contributed by atoms with E-state index in [1.165, 1.54) is 14.2 Å². The third-order valence-corrected chi connectivity index (χ3v) is 5.12. The number of nitrogens with one attached hydrogen (secondary N) is 2. The molecule has 0 aromatic heterocycles. The van der Waals surface area contributed by atoms with Crippen molar-refractivity contribution in [1.29, 1.82) is 0 Å². The zero-order valence-corrected chi connectivity index (χ0v) is 19.6. The fourth-order valence-electron chi connectivity index (χ4n) is 3.31. The number of amides is 2. The Bertz CT molecular complexity index is 1180. The lowest BCUT2D eigenvalue weighted by Gasteiger charge is -2.11. The maximum Gasteiger partial charge on any atom is 0.259 e. The first-order chi connectivity index (χ1) is 16.6. The lowest BCUT2D eigenvalue weighted by molar-refractivity contribution is -0.120. The maximum absolute atomic E-state index is 12.4. The summed E-state index contributed by atoms with van der Waals surface area (Å²) in [4.78, 5) is 24.6. The van der Waals surface area contributed by atoms with E-state index >= 15 is 0 Å². The number of rotatable bonds is 11. The highest BCUT2D eigenvalue weighted by molar-refractivity contribution is 6.03. The molecule has 0 saturated carbocycles. The van der Waals surface area contributed by atoms with Crippen molar-refractivity contribution in [3.05, 3.63) is 65.7 Å². The monoisotopic (exact) mass is 463 g/mol. The number of hydrogen-bond acceptors (Lipinski definition) is 6. The Labute approximate surface area is 198 Å². The Hall–Kier alpha value is -4.07. The third kappa shape index (κ3) is 6.25. The van der Waals surface area contributed by atoms with Gasteiger partial charge < -0.3 is 19.5 Å². The van der Waals surface area contributed by atoms with E-state index in [4.69, 9.17) is 14.2 Å². The van der Waals surface area contributed by atoms with Crippen molar-refractivity contribution in [2.75, 3.05) is 27.4 Å². The Morgan fingerprint density at radius 1 is 0.971 bits per heavy atom. The smallest absolute Gasteiger partial charge is 0.259 e. The molecule has 0 heterocycles. The van der Waals surface area contributed by atoms with Gasteiger partial charge in [-0.2, -0.15) is 5.10 Å². The van der Waals surface area contributed by atoms with Gasteiger partial charge in [0.1, 0.15) is 5.75 Å². The molecule has 0 saturated heterocycles. The third-order valence-electron chi connectivity index (χ3n) is 5.12. The molecule has 3 rings (SSSR count). The molecule has 3 aromatic carbocycles. The molecule has 0 aliphatic carbocycles. The van der Waals surface area contributed by atoms with Crippen LogP contribution in [0.25, 0.3) is 10.8 Å². The van der Waals surface area contributed by atoms with Gasteiger partial charge in [0.25, 0.3) is 11.8 Å². The molecule has 0 fully saturated rings. The van der Waals surface area contributed by atoms with E-state index in [0.29, 0.717) is 29.4 Å². The van der Waals surface area contributed by atoms with Gasteiger partial charge in [-0.3, -0.25) is 9.59 Å². The van der Waals surface area contributed by atoms with Gasteiger partial charge in [-0.05, 0) is 41.5 Å². The SMILES string of the molecule is CCCCOc1ccc2ccccc2c1/C=N/NC(=O)CNC(=O)c1ccc(OC)c(OC)c1. The van der Waals surface area contributed by atoms with Crippen molar-refractivity contribution in [3.63, 3.8) is 0 Å². The summed E-state index contributed by atoms with van der Waals surface area (Å²) in [5.74, 6) is 0.764. The first kappa shape index (κ1) is 24.6. The van der Waals surface area contributed by atoms with E-state index in [-0.39, 0.29) is 6.54 Å². The lowest BCUT2D eigenvalue weighted by atomic mass is 10.0. The van der Waals surface area contributed by atoms with Crippen LogP contribution in [0.5, 0.6) is 17.2 Å². The second-order valence-electron chi connectivity index (χ2n) is 7.45. The minimum Gasteiger partial charge on any atom is -0.493 e. The molecule has 2 amide bonds. The normalized spacial score (nSPS) is 10.8. The van der Waals surface area contributed by atoms with E-state index in [2.05, 4.69) is 22.8 Å². The molecular formula is C26H29N3O5. The summed E-state index contributed by atoms with van der Waals surface area (Å²) in [5.41, 5.74) is 3.58. The van der Waals surface area contributed by atoms with E-state index in [1.807, 2.05) is 36.4 Å². The molecule has 0 bridgehead atoms. The number of unbranched alkanes of at least 4 members (excludes halogenated alkanes) is 1. The average Bonchev–Trinajstić information content (AvgIpc) is 2.87. The van der Waals surface area contributed by atoms with Gasteiger partial charge in [-0.1, -0.05) is 43.7 Å². The van der Waals surface area contributed by atoms with Crippen LogP contribution >= 0.6 is 0 Å². The second kappa shape index (κ2) is 12.2. The van der Waals surface area contributed by atoms with E-state index in [1.54, 1.807) is 24.4 Å². The molecule has 8 heteroatoms. The molecule has 0 aliphatic rings. The molecular weight excluding hydrogens is 434 g/mol.